The van der Waals surface area contributed by atoms with E-state index in [0.29, 0.717) is 62.5 Å². The Bertz CT molecular complexity index is 1130. The predicted octanol–water partition coefficient (Wildman–Crippen LogP) is 3.73. The minimum atomic E-state index is -0.137. The Balaban J connectivity index is 1.33. The lowest BCUT2D eigenvalue weighted by Gasteiger charge is -2.25. The number of hydrogen-bond donors (Lipinski definition) is 0. The zero-order valence-corrected chi connectivity index (χ0v) is 18.8. The van der Waals surface area contributed by atoms with Crippen LogP contribution in [0.5, 0.6) is 11.5 Å². The molecule has 3 aromatic rings. The van der Waals surface area contributed by atoms with Gasteiger partial charge < -0.3 is 23.5 Å². The van der Waals surface area contributed by atoms with Crippen LogP contribution in [0.4, 0.5) is 0 Å². The number of ether oxygens (including phenoxy) is 3. The predicted molar refractivity (Wildman–Crippen MR) is 120 cm³/mol. The van der Waals surface area contributed by atoms with E-state index in [4.69, 9.17) is 30.2 Å². The summed E-state index contributed by atoms with van der Waals surface area (Å²) in [6, 6.07) is 13.6. The van der Waals surface area contributed by atoms with Crippen LogP contribution in [-0.2, 0) is 24.4 Å². The van der Waals surface area contributed by atoms with Gasteiger partial charge in [-0.15, -0.1) is 0 Å². The topological polar surface area (TPSA) is 77.3 Å². The lowest BCUT2D eigenvalue weighted by Crippen LogP contribution is -2.40. The summed E-state index contributed by atoms with van der Waals surface area (Å²) in [6.45, 7) is 4.04. The lowest BCUT2D eigenvalue weighted by atomic mass is 10.1. The van der Waals surface area contributed by atoms with Gasteiger partial charge in [0.05, 0.1) is 19.8 Å². The molecule has 0 aliphatic carbocycles. The molecule has 172 valence electrons. The first-order chi connectivity index (χ1) is 16.2. The van der Waals surface area contributed by atoms with E-state index >= 15 is 0 Å². The molecule has 0 N–H and O–H groups in total. The van der Waals surface area contributed by atoms with Crippen molar-refractivity contribution in [1.82, 2.24) is 14.8 Å². The third-order valence-corrected chi connectivity index (χ3v) is 5.99. The van der Waals surface area contributed by atoms with Crippen molar-refractivity contribution in [2.75, 3.05) is 33.1 Å². The van der Waals surface area contributed by atoms with Gasteiger partial charge in [0.1, 0.15) is 6.26 Å². The fraction of sp³-hybridized carbons (Fsp3) is 0.333. The molecule has 9 heteroatoms. The van der Waals surface area contributed by atoms with Crippen molar-refractivity contribution in [2.45, 2.75) is 19.6 Å². The molecule has 2 aliphatic rings. The average molecular weight is 470 g/mol. The number of morpholine rings is 1. The number of halogens is 1. The van der Waals surface area contributed by atoms with Crippen LogP contribution in [0.1, 0.15) is 27.5 Å². The molecule has 0 saturated carbocycles. The van der Waals surface area contributed by atoms with Gasteiger partial charge in [0, 0.05) is 31.2 Å². The van der Waals surface area contributed by atoms with Gasteiger partial charge in [-0.05, 0) is 29.3 Å². The van der Waals surface area contributed by atoms with Crippen LogP contribution in [0.2, 0.25) is 5.02 Å². The molecule has 8 nitrogen and oxygen atoms in total. The van der Waals surface area contributed by atoms with E-state index in [-0.39, 0.29) is 12.7 Å². The van der Waals surface area contributed by atoms with Gasteiger partial charge in [-0.1, -0.05) is 35.9 Å². The molecular formula is C24H24ClN3O5. The van der Waals surface area contributed by atoms with Crippen LogP contribution in [0.15, 0.2) is 53.1 Å². The smallest absolute Gasteiger partial charge is 0.275 e. The molecule has 1 fully saturated rings. The summed E-state index contributed by atoms with van der Waals surface area (Å²) in [6.07, 6.45) is 1.43. The highest BCUT2D eigenvalue weighted by molar-refractivity contribution is 6.31. The molecule has 3 heterocycles. The Hall–Kier alpha value is -3.07. The number of amides is 1. The summed E-state index contributed by atoms with van der Waals surface area (Å²) in [5.41, 5.74) is 2.37. The van der Waals surface area contributed by atoms with E-state index in [9.17, 15) is 4.79 Å². The quantitative estimate of drug-likeness (QED) is 0.521. The van der Waals surface area contributed by atoms with E-state index in [1.165, 1.54) is 6.26 Å². The number of aromatic nitrogens is 1. The number of carbonyl (C=O) groups excluding carboxylic acids is 1. The second-order valence-corrected chi connectivity index (χ2v) is 8.36. The van der Waals surface area contributed by atoms with Crippen LogP contribution >= 0.6 is 11.6 Å². The van der Waals surface area contributed by atoms with E-state index in [1.807, 2.05) is 42.5 Å². The maximum absolute atomic E-state index is 12.7. The number of hydrogen-bond acceptors (Lipinski definition) is 7. The Labute approximate surface area is 196 Å². The average Bonchev–Trinajstić information content (AvgIpc) is 3.50. The van der Waals surface area contributed by atoms with Crippen LogP contribution < -0.4 is 9.47 Å². The molecule has 0 unspecified atom stereocenters. The SMILES string of the molecule is O=C(c1coc(CN(Cc2ccc3c(c2)OCO3)Cc2ccccc2Cl)n1)N1CCOCC1. The number of benzene rings is 2. The molecule has 2 aliphatic heterocycles. The summed E-state index contributed by atoms with van der Waals surface area (Å²) < 4.78 is 21.9. The molecule has 0 atom stereocenters. The third-order valence-electron chi connectivity index (χ3n) is 5.62. The second kappa shape index (κ2) is 9.82. The Kier molecular flexibility index (Phi) is 6.48. The standard InChI is InChI=1S/C24H24ClN3O5/c25-19-4-2-1-3-18(19)13-27(12-17-5-6-21-22(11-17)33-16-32-21)14-23-26-20(15-31-23)24(29)28-7-9-30-10-8-28/h1-6,11,15H,7-10,12-14,16H2. The summed E-state index contributed by atoms with van der Waals surface area (Å²) in [4.78, 5) is 21.1. The summed E-state index contributed by atoms with van der Waals surface area (Å²) >= 11 is 6.42. The summed E-state index contributed by atoms with van der Waals surface area (Å²) in [5, 5.41) is 0.698. The van der Waals surface area contributed by atoms with Gasteiger partial charge >= 0.3 is 0 Å². The van der Waals surface area contributed by atoms with Crippen LogP contribution in [-0.4, -0.2) is 53.8 Å². The molecular weight excluding hydrogens is 446 g/mol. The van der Waals surface area contributed by atoms with Gasteiger partial charge in [0.2, 0.25) is 12.7 Å². The van der Waals surface area contributed by atoms with Crippen molar-refractivity contribution < 1.29 is 23.4 Å². The molecule has 5 rings (SSSR count). The third kappa shape index (κ3) is 5.13. The number of fused-ring (bicyclic) bond motifs is 1. The van der Waals surface area contributed by atoms with Gasteiger partial charge in [-0.2, -0.15) is 0 Å². The Morgan fingerprint density at radius 3 is 2.70 bits per heavy atom. The van der Waals surface area contributed by atoms with Crippen molar-refractivity contribution in [1.29, 1.82) is 0 Å². The van der Waals surface area contributed by atoms with Crippen molar-refractivity contribution in [3.05, 3.63) is 76.5 Å². The summed E-state index contributed by atoms with van der Waals surface area (Å²) in [5.74, 6) is 1.82. The number of rotatable bonds is 7. The highest BCUT2D eigenvalue weighted by atomic mass is 35.5. The fourth-order valence-electron chi connectivity index (χ4n) is 3.93. The zero-order valence-electron chi connectivity index (χ0n) is 18.0. The van der Waals surface area contributed by atoms with Crippen LogP contribution in [0.3, 0.4) is 0 Å². The number of oxazole rings is 1. The molecule has 1 amide bonds. The molecule has 1 aromatic heterocycles. The molecule has 0 bridgehead atoms. The molecule has 1 saturated heterocycles. The molecule has 0 spiro atoms. The van der Waals surface area contributed by atoms with E-state index in [2.05, 4.69) is 9.88 Å². The Morgan fingerprint density at radius 1 is 1.03 bits per heavy atom. The molecule has 33 heavy (non-hydrogen) atoms. The maximum Gasteiger partial charge on any atom is 0.275 e. The second-order valence-electron chi connectivity index (χ2n) is 7.96. The first kappa shape index (κ1) is 21.8. The van der Waals surface area contributed by atoms with Crippen molar-refractivity contribution in [3.8, 4) is 11.5 Å². The van der Waals surface area contributed by atoms with Crippen molar-refractivity contribution >= 4 is 17.5 Å². The molecule has 0 radical (unpaired) electrons. The van der Waals surface area contributed by atoms with Gasteiger partial charge in [-0.3, -0.25) is 9.69 Å². The minimum Gasteiger partial charge on any atom is -0.454 e. The largest absolute Gasteiger partial charge is 0.454 e. The number of nitrogens with zero attached hydrogens (tertiary/aromatic N) is 3. The lowest BCUT2D eigenvalue weighted by molar-refractivity contribution is 0.0299. The minimum absolute atomic E-state index is 0.137. The zero-order chi connectivity index (χ0) is 22.6. The Morgan fingerprint density at radius 2 is 1.85 bits per heavy atom. The fourth-order valence-corrected chi connectivity index (χ4v) is 4.13. The van der Waals surface area contributed by atoms with E-state index in [0.717, 1.165) is 22.6 Å². The maximum atomic E-state index is 12.7. The van der Waals surface area contributed by atoms with Crippen LogP contribution in [0.25, 0.3) is 0 Å². The van der Waals surface area contributed by atoms with Gasteiger partial charge in [0.25, 0.3) is 5.91 Å². The first-order valence-corrected chi connectivity index (χ1v) is 11.2. The first-order valence-electron chi connectivity index (χ1n) is 10.8. The number of carbonyl (C=O) groups is 1. The normalized spacial score (nSPS) is 15.3. The highest BCUT2D eigenvalue weighted by Gasteiger charge is 2.23. The van der Waals surface area contributed by atoms with E-state index < -0.39 is 0 Å². The monoisotopic (exact) mass is 469 g/mol. The summed E-state index contributed by atoms with van der Waals surface area (Å²) in [7, 11) is 0. The van der Waals surface area contributed by atoms with Gasteiger partial charge in [0.15, 0.2) is 17.2 Å². The van der Waals surface area contributed by atoms with E-state index in [1.54, 1.807) is 4.90 Å². The highest BCUT2D eigenvalue weighted by Crippen LogP contribution is 2.33. The van der Waals surface area contributed by atoms with Crippen molar-refractivity contribution in [3.63, 3.8) is 0 Å². The van der Waals surface area contributed by atoms with Crippen molar-refractivity contribution in [2.24, 2.45) is 0 Å². The van der Waals surface area contributed by atoms with Crippen LogP contribution in [0, 0.1) is 0 Å². The molecule has 2 aromatic carbocycles. The van der Waals surface area contributed by atoms with Gasteiger partial charge in [-0.25, -0.2) is 4.98 Å².